The highest BCUT2D eigenvalue weighted by Gasteiger charge is 2.32. The number of hydrogen-bond donors (Lipinski definition) is 1. The van der Waals surface area contributed by atoms with Gasteiger partial charge >= 0.3 is 0 Å². The molecule has 0 spiro atoms. The van der Waals surface area contributed by atoms with E-state index < -0.39 is 21.9 Å². The van der Waals surface area contributed by atoms with Gasteiger partial charge in [0, 0.05) is 0 Å². The van der Waals surface area contributed by atoms with Crippen molar-refractivity contribution in [3.8, 4) is 0 Å². The zero-order chi connectivity index (χ0) is 20.0. The van der Waals surface area contributed by atoms with E-state index in [0.717, 1.165) is 16.1 Å². The van der Waals surface area contributed by atoms with Gasteiger partial charge in [-0.3, -0.25) is 9.10 Å². The number of sulfonamides is 1. The number of nitrogens with one attached hydrogen (secondary N) is 1. The lowest BCUT2D eigenvalue weighted by Gasteiger charge is -2.31. The van der Waals surface area contributed by atoms with Gasteiger partial charge in [-0.05, 0) is 42.7 Å². The van der Waals surface area contributed by atoms with E-state index in [0.29, 0.717) is 6.42 Å². The van der Waals surface area contributed by atoms with Crippen LogP contribution in [0.4, 0.5) is 10.1 Å². The van der Waals surface area contributed by atoms with Crippen molar-refractivity contribution in [1.82, 2.24) is 5.32 Å². The average Bonchev–Trinajstić information content (AvgIpc) is 2.64. The molecule has 0 aromatic heterocycles. The van der Waals surface area contributed by atoms with Crippen LogP contribution in [0.3, 0.4) is 0 Å². The molecule has 2 atom stereocenters. The number of nitrogens with zero attached hydrogens (tertiary/aromatic N) is 1. The third-order valence-corrected chi connectivity index (χ3v) is 5.52. The molecule has 7 heteroatoms. The van der Waals surface area contributed by atoms with E-state index in [9.17, 15) is 17.6 Å². The highest BCUT2D eigenvalue weighted by Crippen LogP contribution is 2.24. The van der Waals surface area contributed by atoms with Gasteiger partial charge in [-0.25, -0.2) is 12.8 Å². The Labute approximate surface area is 160 Å². The van der Waals surface area contributed by atoms with Crippen LogP contribution in [-0.4, -0.2) is 26.6 Å². The van der Waals surface area contributed by atoms with Crippen molar-refractivity contribution >= 4 is 21.6 Å². The Balaban J connectivity index is 2.32. The molecule has 0 saturated carbocycles. The molecule has 1 N–H and O–H groups in total. The van der Waals surface area contributed by atoms with E-state index in [1.807, 2.05) is 37.3 Å². The van der Waals surface area contributed by atoms with E-state index in [1.165, 1.54) is 24.3 Å². The summed E-state index contributed by atoms with van der Waals surface area (Å²) < 4.78 is 39.1. The van der Waals surface area contributed by atoms with Gasteiger partial charge in [0.2, 0.25) is 15.9 Å². The molecule has 2 aromatic carbocycles. The van der Waals surface area contributed by atoms with Gasteiger partial charge in [-0.15, -0.1) is 0 Å². The molecule has 0 aliphatic rings. The number of hydrogen-bond acceptors (Lipinski definition) is 3. The minimum atomic E-state index is -3.74. The standard InChI is InChI=1S/C20H25FN2O3S/c1-4-18(15-9-7-6-8-10-15)22-20(24)19(5-2)23(27(3,25)26)17-13-11-16(21)12-14-17/h6-14,18-19H,4-5H2,1-3H3,(H,22,24)/t18-,19-/m0/s1. The highest BCUT2D eigenvalue weighted by atomic mass is 32.2. The molecular formula is C20H25FN2O3S. The van der Waals surface area contributed by atoms with Crippen LogP contribution >= 0.6 is 0 Å². The maximum absolute atomic E-state index is 13.2. The van der Waals surface area contributed by atoms with Crippen LogP contribution in [0.25, 0.3) is 0 Å². The van der Waals surface area contributed by atoms with Gasteiger partial charge in [0.1, 0.15) is 11.9 Å². The highest BCUT2D eigenvalue weighted by molar-refractivity contribution is 7.92. The smallest absolute Gasteiger partial charge is 0.244 e. The second-order valence-electron chi connectivity index (χ2n) is 6.34. The summed E-state index contributed by atoms with van der Waals surface area (Å²) in [5.41, 5.74) is 1.21. The second kappa shape index (κ2) is 8.99. The predicted octanol–water partition coefficient (Wildman–Crippen LogP) is 3.64. The fraction of sp³-hybridized carbons (Fsp3) is 0.350. The normalized spacial score (nSPS) is 13.6. The Hall–Kier alpha value is -2.41. The molecule has 0 radical (unpaired) electrons. The van der Waals surface area contributed by atoms with Crippen molar-refractivity contribution in [2.75, 3.05) is 10.6 Å². The number of rotatable bonds is 8. The van der Waals surface area contributed by atoms with Crippen LogP contribution in [0.1, 0.15) is 38.3 Å². The van der Waals surface area contributed by atoms with Crippen LogP contribution in [0.2, 0.25) is 0 Å². The third kappa shape index (κ3) is 5.29. The van der Waals surface area contributed by atoms with Crippen molar-refractivity contribution in [2.24, 2.45) is 0 Å². The van der Waals surface area contributed by atoms with Gasteiger partial charge < -0.3 is 5.32 Å². The number of benzene rings is 2. The molecule has 0 unspecified atom stereocenters. The first kappa shape index (κ1) is 20.9. The molecule has 27 heavy (non-hydrogen) atoms. The monoisotopic (exact) mass is 392 g/mol. The van der Waals surface area contributed by atoms with E-state index in [1.54, 1.807) is 6.92 Å². The number of carbonyl (C=O) groups excluding carboxylic acids is 1. The summed E-state index contributed by atoms with van der Waals surface area (Å²) in [6, 6.07) is 13.5. The predicted molar refractivity (Wildman–Crippen MR) is 105 cm³/mol. The minimum Gasteiger partial charge on any atom is -0.347 e. The lowest BCUT2D eigenvalue weighted by Crippen LogP contribution is -2.50. The second-order valence-corrected chi connectivity index (χ2v) is 8.20. The van der Waals surface area contributed by atoms with Crippen LogP contribution in [0.5, 0.6) is 0 Å². The Kier molecular flexibility index (Phi) is 6.96. The first-order valence-corrected chi connectivity index (χ1v) is 10.7. The van der Waals surface area contributed by atoms with Gasteiger partial charge in [-0.1, -0.05) is 44.2 Å². The minimum absolute atomic E-state index is 0.220. The lowest BCUT2D eigenvalue weighted by molar-refractivity contribution is -0.123. The summed E-state index contributed by atoms with van der Waals surface area (Å²) in [4.78, 5) is 13.0. The summed E-state index contributed by atoms with van der Waals surface area (Å²) >= 11 is 0. The van der Waals surface area contributed by atoms with Crippen LogP contribution < -0.4 is 9.62 Å². The molecule has 0 aliphatic heterocycles. The van der Waals surface area contributed by atoms with E-state index in [4.69, 9.17) is 0 Å². The summed E-state index contributed by atoms with van der Waals surface area (Å²) in [5.74, 6) is -0.859. The van der Waals surface area contributed by atoms with Crippen LogP contribution in [-0.2, 0) is 14.8 Å². The third-order valence-electron chi connectivity index (χ3n) is 4.34. The Bertz CT molecular complexity index is 855. The van der Waals surface area contributed by atoms with E-state index >= 15 is 0 Å². The fourth-order valence-corrected chi connectivity index (χ4v) is 4.23. The van der Waals surface area contributed by atoms with Gasteiger partial charge in [0.25, 0.3) is 0 Å². The zero-order valence-corrected chi connectivity index (χ0v) is 16.5. The van der Waals surface area contributed by atoms with Crippen molar-refractivity contribution in [3.05, 3.63) is 66.0 Å². The topological polar surface area (TPSA) is 66.5 Å². The van der Waals surface area contributed by atoms with Gasteiger partial charge in [0.15, 0.2) is 0 Å². The molecule has 0 saturated heterocycles. The van der Waals surface area contributed by atoms with E-state index in [2.05, 4.69) is 5.32 Å². The zero-order valence-electron chi connectivity index (χ0n) is 15.7. The lowest BCUT2D eigenvalue weighted by atomic mass is 10.0. The number of carbonyl (C=O) groups is 1. The summed E-state index contributed by atoms with van der Waals surface area (Å²) in [5, 5.41) is 2.95. The molecule has 0 bridgehead atoms. The van der Waals surface area contributed by atoms with Crippen molar-refractivity contribution < 1.29 is 17.6 Å². The van der Waals surface area contributed by atoms with Crippen molar-refractivity contribution in [2.45, 2.75) is 38.8 Å². The number of anilines is 1. The fourth-order valence-electron chi connectivity index (χ4n) is 3.02. The summed E-state index contributed by atoms with van der Waals surface area (Å²) in [6.45, 7) is 3.70. The number of halogens is 1. The average molecular weight is 392 g/mol. The van der Waals surface area contributed by atoms with Crippen molar-refractivity contribution in [1.29, 1.82) is 0 Å². The largest absolute Gasteiger partial charge is 0.347 e. The van der Waals surface area contributed by atoms with Gasteiger partial charge in [-0.2, -0.15) is 0 Å². The Morgan fingerprint density at radius 1 is 1.04 bits per heavy atom. The molecule has 0 fully saturated rings. The molecular weight excluding hydrogens is 367 g/mol. The quantitative estimate of drug-likeness (QED) is 0.746. The molecule has 2 aromatic rings. The summed E-state index contributed by atoms with van der Waals surface area (Å²) in [6.07, 6.45) is 1.99. The molecule has 0 heterocycles. The number of amides is 1. The summed E-state index contributed by atoms with van der Waals surface area (Å²) in [7, 11) is -3.74. The molecule has 146 valence electrons. The first-order valence-electron chi connectivity index (χ1n) is 8.88. The van der Waals surface area contributed by atoms with Crippen LogP contribution in [0, 0.1) is 5.82 Å². The Morgan fingerprint density at radius 3 is 2.11 bits per heavy atom. The Morgan fingerprint density at radius 2 is 1.63 bits per heavy atom. The van der Waals surface area contributed by atoms with Crippen LogP contribution in [0.15, 0.2) is 54.6 Å². The maximum atomic E-state index is 13.2. The SMILES string of the molecule is CC[C@H](NC(=O)[C@H](CC)N(c1ccc(F)cc1)S(C)(=O)=O)c1ccccc1. The maximum Gasteiger partial charge on any atom is 0.244 e. The van der Waals surface area contributed by atoms with Gasteiger partial charge in [0.05, 0.1) is 18.0 Å². The molecule has 2 rings (SSSR count). The van der Waals surface area contributed by atoms with Crippen molar-refractivity contribution in [3.63, 3.8) is 0 Å². The molecule has 1 amide bonds. The van der Waals surface area contributed by atoms with E-state index in [-0.39, 0.29) is 24.1 Å². The first-order chi connectivity index (χ1) is 12.8. The molecule has 5 nitrogen and oxygen atoms in total. The molecule has 0 aliphatic carbocycles.